The molecule has 0 aromatic heterocycles. The van der Waals surface area contributed by atoms with Crippen molar-refractivity contribution in [1.29, 1.82) is 0 Å². The average Bonchev–Trinajstić information content (AvgIpc) is 2.48. The van der Waals surface area contributed by atoms with Gasteiger partial charge in [-0.15, -0.1) is 11.6 Å². The molecule has 0 aliphatic heterocycles. The van der Waals surface area contributed by atoms with Gasteiger partial charge in [-0.05, 0) is 36.8 Å². The Morgan fingerprint density at radius 2 is 1.70 bits per heavy atom. The van der Waals surface area contributed by atoms with Gasteiger partial charge in [-0.3, -0.25) is 0 Å². The summed E-state index contributed by atoms with van der Waals surface area (Å²) in [5, 5.41) is 0. The van der Waals surface area contributed by atoms with E-state index >= 15 is 0 Å². The number of ether oxygens (including phenoxy) is 1. The van der Waals surface area contributed by atoms with Crippen LogP contribution in [0.2, 0.25) is 0 Å². The van der Waals surface area contributed by atoms with Gasteiger partial charge in [0.1, 0.15) is 12.4 Å². The Balaban J connectivity index is 1.91. The molecule has 0 saturated heterocycles. The summed E-state index contributed by atoms with van der Waals surface area (Å²) in [6.45, 7) is 2.66. The minimum absolute atomic E-state index is 0.574. The normalized spacial score (nSPS) is 9.70. The van der Waals surface area contributed by atoms with Crippen LogP contribution in [-0.4, -0.2) is 5.88 Å². The van der Waals surface area contributed by atoms with Gasteiger partial charge in [-0.2, -0.15) is 0 Å². The van der Waals surface area contributed by atoms with E-state index in [1.165, 1.54) is 11.1 Å². The molecule has 102 valence electrons. The summed E-state index contributed by atoms with van der Waals surface area (Å²) in [5.41, 5.74) is 3.41. The lowest BCUT2D eigenvalue weighted by atomic mass is 10.2. The summed E-state index contributed by atoms with van der Waals surface area (Å²) >= 11 is 5.58. The van der Waals surface area contributed by atoms with Crippen molar-refractivity contribution in [2.24, 2.45) is 0 Å². The smallest absolute Gasteiger partial charge is 0.119 e. The van der Waals surface area contributed by atoms with Gasteiger partial charge in [0.2, 0.25) is 0 Å². The molecule has 2 rings (SSSR count). The van der Waals surface area contributed by atoms with E-state index in [1.807, 2.05) is 24.3 Å². The van der Waals surface area contributed by atoms with Gasteiger partial charge >= 0.3 is 0 Å². The quantitative estimate of drug-likeness (QED) is 0.591. The van der Waals surface area contributed by atoms with Gasteiger partial charge in [0.25, 0.3) is 0 Å². The highest BCUT2D eigenvalue weighted by molar-refractivity contribution is 6.18. The fraction of sp³-hybridized carbons (Fsp3) is 0.222. The molecule has 0 N–H and O–H groups in total. The second kappa shape index (κ2) is 7.62. The van der Waals surface area contributed by atoms with E-state index in [0.29, 0.717) is 18.9 Å². The number of benzene rings is 2. The van der Waals surface area contributed by atoms with Crippen LogP contribution in [0.3, 0.4) is 0 Å². The number of halogens is 1. The van der Waals surface area contributed by atoms with Crippen LogP contribution in [0.15, 0.2) is 48.5 Å². The Morgan fingerprint density at radius 3 is 2.35 bits per heavy atom. The molecular formula is C18H17ClO. The summed E-state index contributed by atoms with van der Waals surface area (Å²) in [7, 11) is 0. The van der Waals surface area contributed by atoms with Gasteiger partial charge in [0, 0.05) is 17.9 Å². The van der Waals surface area contributed by atoms with Gasteiger partial charge in [-0.25, -0.2) is 0 Å². The van der Waals surface area contributed by atoms with Crippen LogP contribution >= 0.6 is 11.6 Å². The molecule has 2 aromatic carbocycles. The van der Waals surface area contributed by atoms with Crippen molar-refractivity contribution in [1.82, 2.24) is 0 Å². The summed E-state index contributed by atoms with van der Waals surface area (Å²) in [5.74, 6) is 7.50. The van der Waals surface area contributed by atoms with Gasteiger partial charge in [0.05, 0.1) is 0 Å². The van der Waals surface area contributed by atoms with E-state index in [9.17, 15) is 0 Å². The van der Waals surface area contributed by atoms with Crippen molar-refractivity contribution in [3.05, 3.63) is 65.2 Å². The molecule has 0 aliphatic carbocycles. The van der Waals surface area contributed by atoms with Crippen LogP contribution in [0, 0.1) is 18.8 Å². The summed E-state index contributed by atoms with van der Waals surface area (Å²) in [6, 6.07) is 16.2. The Hall–Kier alpha value is -1.91. The molecule has 0 radical (unpaired) electrons. The number of rotatable bonds is 4. The van der Waals surface area contributed by atoms with E-state index in [2.05, 4.69) is 43.0 Å². The lowest BCUT2D eigenvalue weighted by Crippen LogP contribution is -1.95. The van der Waals surface area contributed by atoms with Crippen LogP contribution in [0.25, 0.3) is 0 Å². The molecule has 0 aliphatic rings. The lowest BCUT2D eigenvalue weighted by Gasteiger charge is -2.06. The number of hydrogen-bond donors (Lipinski definition) is 0. The number of alkyl halides is 1. The second-order valence-electron chi connectivity index (χ2n) is 4.54. The van der Waals surface area contributed by atoms with Crippen molar-refractivity contribution < 1.29 is 4.74 Å². The maximum Gasteiger partial charge on any atom is 0.119 e. The zero-order chi connectivity index (χ0) is 14.2. The second-order valence-corrected chi connectivity index (χ2v) is 4.92. The molecule has 0 amide bonds. The Morgan fingerprint density at radius 1 is 1.00 bits per heavy atom. The summed E-state index contributed by atoms with van der Waals surface area (Å²) in [4.78, 5) is 0. The fourth-order valence-electron chi connectivity index (χ4n) is 1.70. The predicted octanol–water partition coefficient (Wildman–Crippen LogP) is 4.55. The first kappa shape index (κ1) is 14.5. The Labute approximate surface area is 125 Å². The SMILES string of the molecule is Cc1ccc(COc2ccc(C#CCCCl)cc2)cc1. The van der Waals surface area contributed by atoms with Crippen molar-refractivity contribution in [3.8, 4) is 17.6 Å². The molecule has 0 unspecified atom stereocenters. The van der Waals surface area contributed by atoms with Crippen molar-refractivity contribution >= 4 is 11.6 Å². The lowest BCUT2D eigenvalue weighted by molar-refractivity contribution is 0.306. The van der Waals surface area contributed by atoms with Crippen LogP contribution in [-0.2, 0) is 6.61 Å². The molecule has 20 heavy (non-hydrogen) atoms. The molecule has 0 saturated carbocycles. The van der Waals surface area contributed by atoms with Crippen LogP contribution < -0.4 is 4.74 Å². The molecule has 0 fully saturated rings. The van der Waals surface area contributed by atoms with Crippen LogP contribution in [0.4, 0.5) is 0 Å². The third kappa shape index (κ3) is 4.64. The van der Waals surface area contributed by atoms with E-state index in [1.54, 1.807) is 0 Å². The van der Waals surface area contributed by atoms with Gasteiger partial charge in [-0.1, -0.05) is 41.7 Å². The standard InChI is InChI=1S/C18H17ClO/c1-15-5-7-17(8-6-15)14-20-18-11-9-16(10-12-18)4-2-3-13-19/h5-12H,3,13-14H2,1H3. The van der Waals surface area contributed by atoms with E-state index in [4.69, 9.17) is 16.3 Å². The number of aryl methyl sites for hydroxylation is 1. The molecule has 0 heterocycles. The first-order valence-corrected chi connectivity index (χ1v) is 7.14. The van der Waals surface area contributed by atoms with Crippen molar-refractivity contribution in [3.63, 3.8) is 0 Å². The Kier molecular flexibility index (Phi) is 5.53. The van der Waals surface area contributed by atoms with Gasteiger partial charge < -0.3 is 4.74 Å². The van der Waals surface area contributed by atoms with E-state index in [0.717, 1.165) is 11.3 Å². The average molecular weight is 285 g/mol. The third-order valence-corrected chi connectivity index (χ3v) is 3.02. The van der Waals surface area contributed by atoms with Gasteiger partial charge in [0.15, 0.2) is 0 Å². The minimum atomic E-state index is 0.574. The van der Waals surface area contributed by atoms with Crippen molar-refractivity contribution in [2.45, 2.75) is 20.0 Å². The Bertz CT molecular complexity index is 588. The highest BCUT2D eigenvalue weighted by Crippen LogP contribution is 2.14. The molecule has 2 heteroatoms. The molecule has 1 nitrogen and oxygen atoms in total. The third-order valence-electron chi connectivity index (χ3n) is 2.83. The monoisotopic (exact) mass is 284 g/mol. The molecular weight excluding hydrogens is 268 g/mol. The first-order valence-electron chi connectivity index (χ1n) is 6.61. The predicted molar refractivity (Wildman–Crippen MR) is 84.2 cm³/mol. The zero-order valence-corrected chi connectivity index (χ0v) is 12.3. The zero-order valence-electron chi connectivity index (χ0n) is 11.5. The van der Waals surface area contributed by atoms with Crippen LogP contribution in [0.5, 0.6) is 5.75 Å². The maximum atomic E-state index is 5.74. The highest BCUT2D eigenvalue weighted by Gasteiger charge is 1.96. The molecule has 2 aromatic rings. The largest absolute Gasteiger partial charge is 0.489 e. The molecule has 0 atom stereocenters. The van der Waals surface area contributed by atoms with E-state index < -0.39 is 0 Å². The fourth-order valence-corrected chi connectivity index (χ4v) is 1.79. The van der Waals surface area contributed by atoms with Crippen molar-refractivity contribution in [2.75, 3.05) is 5.88 Å². The minimum Gasteiger partial charge on any atom is -0.489 e. The van der Waals surface area contributed by atoms with E-state index in [-0.39, 0.29) is 0 Å². The molecule has 0 bridgehead atoms. The first-order chi connectivity index (χ1) is 9.78. The highest BCUT2D eigenvalue weighted by atomic mass is 35.5. The van der Waals surface area contributed by atoms with Crippen LogP contribution in [0.1, 0.15) is 23.1 Å². The topological polar surface area (TPSA) is 9.23 Å². The maximum absolute atomic E-state index is 5.74. The molecule has 0 spiro atoms. The number of hydrogen-bond acceptors (Lipinski definition) is 1. The summed E-state index contributed by atoms with van der Waals surface area (Å²) in [6.07, 6.45) is 0.716. The summed E-state index contributed by atoms with van der Waals surface area (Å²) < 4.78 is 5.74.